The number of imidazole rings is 1. The molecule has 0 aliphatic carbocycles. The molecular weight excluding hydrogens is 304 g/mol. The summed E-state index contributed by atoms with van der Waals surface area (Å²) in [4.78, 5) is 20.3. The predicted molar refractivity (Wildman–Crippen MR) is 90.6 cm³/mol. The van der Waals surface area contributed by atoms with Crippen LogP contribution in [0.1, 0.15) is 5.56 Å². The van der Waals surface area contributed by atoms with Crippen LogP contribution in [0.3, 0.4) is 0 Å². The van der Waals surface area contributed by atoms with Crippen LogP contribution in [-0.2, 0) is 0 Å². The highest BCUT2D eigenvalue weighted by Crippen LogP contribution is 2.26. The van der Waals surface area contributed by atoms with Gasteiger partial charge in [0.1, 0.15) is 5.75 Å². The average Bonchev–Trinajstić information content (AvgIpc) is 3.00. The van der Waals surface area contributed by atoms with Crippen LogP contribution in [-0.4, -0.2) is 24.9 Å². The van der Waals surface area contributed by atoms with Gasteiger partial charge in [0.25, 0.3) is 0 Å². The number of hydrogen-bond acceptors (Lipinski definition) is 6. The van der Waals surface area contributed by atoms with Gasteiger partial charge >= 0.3 is 0 Å². The van der Waals surface area contributed by atoms with Crippen molar-refractivity contribution < 1.29 is 4.74 Å². The van der Waals surface area contributed by atoms with Crippen molar-refractivity contribution >= 4 is 16.9 Å². The van der Waals surface area contributed by atoms with E-state index in [1.54, 1.807) is 24.5 Å². The highest BCUT2D eigenvalue weighted by atomic mass is 16.5. The van der Waals surface area contributed by atoms with Gasteiger partial charge in [-0.3, -0.25) is 4.98 Å². The van der Waals surface area contributed by atoms with Gasteiger partial charge in [-0.25, -0.2) is 15.0 Å². The van der Waals surface area contributed by atoms with E-state index in [0.717, 1.165) is 16.6 Å². The molecule has 0 bridgehead atoms. The van der Waals surface area contributed by atoms with Crippen molar-refractivity contribution in [3.8, 4) is 23.1 Å². The molecule has 1 aromatic carbocycles. The summed E-state index contributed by atoms with van der Waals surface area (Å²) in [6, 6.07) is 9.54. The number of aryl methyl sites for hydroxylation is 1. The van der Waals surface area contributed by atoms with Gasteiger partial charge in [-0.15, -0.1) is 0 Å². The third-order valence-electron chi connectivity index (χ3n) is 3.50. The zero-order valence-electron chi connectivity index (χ0n) is 12.9. The van der Waals surface area contributed by atoms with E-state index in [1.807, 2.05) is 25.1 Å². The van der Waals surface area contributed by atoms with Gasteiger partial charge in [-0.05, 0) is 36.8 Å². The molecule has 118 valence electrons. The number of aromatic nitrogens is 5. The number of anilines is 1. The lowest BCUT2D eigenvalue weighted by atomic mass is 10.2. The molecule has 0 unspecified atom stereocenters. The van der Waals surface area contributed by atoms with E-state index in [2.05, 4.69) is 24.9 Å². The number of rotatable bonds is 3. The molecule has 0 spiro atoms. The Hall–Kier alpha value is -3.48. The number of hydrogen-bond donors (Lipinski definition) is 2. The standard InChI is InChI=1S/C17H14N6O/c1-10-4-5-12-13(7-10)22-17(21-12)15-16(18)20-9-14(23-15)24-11-3-2-6-19-8-11/h2-9H,1H3,(H2,18,20)(H,21,22). The smallest absolute Gasteiger partial charge is 0.238 e. The lowest BCUT2D eigenvalue weighted by Crippen LogP contribution is -2.00. The minimum Gasteiger partial charge on any atom is -0.436 e. The fourth-order valence-corrected chi connectivity index (χ4v) is 2.37. The highest BCUT2D eigenvalue weighted by molar-refractivity contribution is 5.81. The Balaban J connectivity index is 1.74. The Morgan fingerprint density at radius 1 is 1.12 bits per heavy atom. The molecule has 24 heavy (non-hydrogen) atoms. The van der Waals surface area contributed by atoms with E-state index in [0.29, 0.717) is 23.1 Å². The third-order valence-corrected chi connectivity index (χ3v) is 3.50. The average molecular weight is 318 g/mol. The minimum absolute atomic E-state index is 0.282. The van der Waals surface area contributed by atoms with Crippen LogP contribution in [0.25, 0.3) is 22.6 Å². The van der Waals surface area contributed by atoms with Crippen LogP contribution in [0, 0.1) is 6.92 Å². The largest absolute Gasteiger partial charge is 0.436 e. The predicted octanol–water partition coefficient (Wildman–Crippen LogP) is 3.10. The minimum atomic E-state index is 0.282. The molecule has 0 saturated carbocycles. The number of benzene rings is 1. The molecule has 4 rings (SSSR count). The second-order valence-electron chi connectivity index (χ2n) is 5.34. The molecule has 0 saturated heterocycles. The number of nitrogens with zero attached hydrogens (tertiary/aromatic N) is 4. The number of nitrogens with two attached hydrogens (primary N) is 1. The van der Waals surface area contributed by atoms with E-state index < -0.39 is 0 Å². The fourth-order valence-electron chi connectivity index (χ4n) is 2.37. The SMILES string of the molecule is Cc1ccc2nc(-c3nc(Oc4cccnc4)cnc3N)[nH]c2c1. The molecule has 3 aromatic heterocycles. The van der Waals surface area contributed by atoms with Crippen molar-refractivity contribution in [2.45, 2.75) is 6.92 Å². The molecule has 0 amide bonds. The normalized spacial score (nSPS) is 10.9. The maximum absolute atomic E-state index is 5.97. The van der Waals surface area contributed by atoms with E-state index in [9.17, 15) is 0 Å². The van der Waals surface area contributed by atoms with E-state index in [4.69, 9.17) is 10.5 Å². The number of nitrogen functional groups attached to an aromatic ring is 1. The van der Waals surface area contributed by atoms with E-state index in [1.165, 1.54) is 6.20 Å². The van der Waals surface area contributed by atoms with Crippen LogP contribution in [0.2, 0.25) is 0 Å². The number of ether oxygens (including phenoxy) is 1. The summed E-state index contributed by atoms with van der Waals surface area (Å²) in [5.74, 6) is 1.73. The number of pyridine rings is 1. The topological polar surface area (TPSA) is 103 Å². The Labute approximate surface area is 137 Å². The van der Waals surface area contributed by atoms with Crippen molar-refractivity contribution in [1.29, 1.82) is 0 Å². The van der Waals surface area contributed by atoms with Gasteiger partial charge in [0, 0.05) is 6.20 Å². The number of nitrogens with one attached hydrogen (secondary N) is 1. The Morgan fingerprint density at radius 3 is 2.88 bits per heavy atom. The first-order valence-corrected chi connectivity index (χ1v) is 7.36. The molecule has 0 aliphatic heterocycles. The second kappa shape index (κ2) is 5.62. The van der Waals surface area contributed by atoms with Gasteiger partial charge in [0.15, 0.2) is 17.3 Å². The lowest BCUT2D eigenvalue weighted by Gasteiger charge is -2.06. The van der Waals surface area contributed by atoms with Crippen molar-refractivity contribution in [3.63, 3.8) is 0 Å². The summed E-state index contributed by atoms with van der Waals surface area (Å²) in [5, 5.41) is 0. The number of aromatic amines is 1. The number of H-pyrrole nitrogens is 1. The Bertz CT molecular complexity index is 1010. The molecule has 0 aliphatic rings. The summed E-state index contributed by atoms with van der Waals surface area (Å²) >= 11 is 0. The van der Waals surface area contributed by atoms with Gasteiger partial charge in [0.05, 0.1) is 23.4 Å². The van der Waals surface area contributed by atoms with Crippen molar-refractivity contribution in [3.05, 3.63) is 54.5 Å². The highest BCUT2D eigenvalue weighted by Gasteiger charge is 2.13. The van der Waals surface area contributed by atoms with Crippen LogP contribution >= 0.6 is 0 Å². The zero-order valence-corrected chi connectivity index (χ0v) is 12.9. The summed E-state index contributed by atoms with van der Waals surface area (Å²) in [7, 11) is 0. The number of fused-ring (bicyclic) bond motifs is 1. The van der Waals surface area contributed by atoms with Gasteiger partial charge in [-0.2, -0.15) is 0 Å². The molecule has 7 nitrogen and oxygen atoms in total. The van der Waals surface area contributed by atoms with E-state index >= 15 is 0 Å². The zero-order chi connectivity index (χ0) is 16.5. The molecule has 3 heterocycles. The molecule has 0 fully saturated rings. The van der Waals surface area contributed by atoms with Crippen molar-refractivity contribution in [1.82, 2.24) is 24.9 Å². The fraction of sp³-hybridized carbons (Fsp3) is 0.0588. The van der Waals surface area contributed by atoms with Crippen molar-refractivity contribution in [2.75, 3.05) is 5.73 Å². The van der Waals surface area contributed by atoms with Gasteiger partial charge in [0.2, 0.25) is 5.88 Å². The third kappa shape index (κ3) is 2.63. The maximum atomic E-state index is 5.97. The van der Waals surface area contributed by atoms with Crippen LogP contribution in [0.15, 0.2) is 48.9 Å². The molecular formula is C17H14N6O. The van der Waals surface area contributed by atoms with E-state index in [-0.39, 0.29) is 5.82 Å². The first-order valence-electron chi connectivity index (χ1n) is 7.36. The maximum Gasteiger partial charge on any atom is 0.238 e. The second-order valence-corrected chi connectivity index (χ2v) is 5.34. The quantitative estimate of drug-likeness (QED) is 0.601. The van der Waals surface area contributed by atoms with Crippen LogP contribution in [0.5, 0.6) is 11.6 Å². The first-order chi connectivity index (χ1) is 11.7. The summed E-state index contributed by atoms with van der Waals surface area (Å²) in [6.45, 7) is 2.02. The first kappa shape index (κ1) is 14.1. The Morgan fingerprint density at radius 2 is 2.04 bits per heavy atom. The van der Waals surface area contributed by atoms with Gasteiger partial charge < -0.3 is 15.5 Å². The molecule has 0 atom stereocenters. The van der Waals surface area contributed by atoms with Crippen molar-refractivity contribution in [2.24, 2.45) is 0 Å². The monoisotopic (exact) mass is 318 g/mol. The summed E-state index contributed by atoms with van der Waals surface area (Å²) < 4.78 is 5.66. The van der Waals surface area contributed by atoms with Crippen LogP contribution in [0.4, 0.5) is 5.82 Å². The van der Waals surface area contributed by atoms with Crippen LogP contribution < -0.4 is 10.5 Å². The Kier molecular flexibility index (Phi) is 3.31. The molecule has 0 radical (unpaired) electrons. The summed E-state index contributed by atoms with van der Waals surface area (Å²) in [5.41, 5.74) is 9.32. The molecule has 7 heteroatoms. The summed E-state index contributed by atoms with van der Waals surface area (Å²) in [6.07, 6.45) is 4.74. The molecule has 3 N–H and O–H groups in total. The van der Waals surface area contributed by atoms with Gasteiger partial charge in [-0.1, -0.05) is 6.07 Å². The lowest BCUT2D eigenvalue weighted by molar-refractivity contribution is 0.459. The molecule has 4 aromatic rings.